The van der Waals surface area contributed by atoms with E-state index in [1.54, 1.807) is 42.5 Å². The molecule has 1 N–H and O–H groups in total. The lowest BCUT2D eigenvalue weighted by Gasteiger charge is -2.10. The lowest BCUT2D eigenvalue weighted by Crippen LogP contribution is -2.16. The van der Waals surface area contributed by atoms with Gasteiger partial charge in [-0.25, -0.2) is 8.42 Å². The fourth-order valence-corrected chi connectivity index (χ4v) is 3.36. The van der Waals surface area contributed by atoms with Crippen molar-refractivity contribution in [1.29, 1.82) is 0 Å². The SMILES string of the molecule is O=S(=O)(Cc1nc(-c2ccco2)no1)C[C@H](O)c1ccccc1. The van der Waals surface area contributed by atoms with Crippen molar-refractivity contribution in [3.8, 4) is 11.6 Å². The smallest absolute Gasteiger partial charge is 0.242 e. The van der Waals surface area contributed by atoms with Crippen LogP contribution in [0.15, 0.2) is 57.7 Å². The molecule has 0 saturated heterocycles. The van der Waals surface area contributed by atoms with Gasteiger partial charge in [-0.15, -0.1) is 0 Å². The van der Waals surface area contributed by atoms with Crippen LogP contribution in [0.3, 0.4) is 0 Å². The van der Waals surface area contributed by atoms with Crippen molar-refractivity contribution in [3.05, 3.63) is 60.2 Å². The second-order valence-electron chi connectivity index (χ2n) is 4.97. The van der Waals surface area contributed by atoms with Crippen LogP contribution in [0.1, 0.15) is 17.6 Å². The van der Waals surface area contributed by atoms with E-state index in [-0.39, 0.29) is 11.7 Å². The summed E-state index contributed by atoms with van der Waals surface area (Å²) in [5.74, 6) is -0.331. The van der Waals surface area contributed by atoms with Crippen LogP contribution >= 0.6 is 0 Å². The highest BCUT2D eigenvalue weighted by Gasteiger charge is 2.23. The number of aliphatic hydroxyl groups is 1. The highest BCUT2D eigenvalue weighted by Crippen LogP contribution is 2.19. The van der Waals surface area contributed by atoms with Gasteiger partial charge in [0.1, 0.15) is 5.75 Å². The summed E-state index contributed by atoms with van der Waals surface area (Å²) in [6.07, 6.45) is 0.354. The normalized spacial score (nSPS) is 13.1. The molecule has 120 valence electrons. The van der Waals surface area contributed by atoms with Gasteiger partial charge in [0, 0.05) is 0 Å². The Bertz CT molecular complexity index is 856. The van der Waals surface area contributed by atoms with Gasteiger partial charge in [0.15, 0.2) is 15.6 Å². The van der Waals surface area contributed by atoms with Crippen molar-refractivity contribution >= 4 is 9.84 Å². The van der Waals surface area contributed by atoms with Gasteiger partial charge < -0.3 is 14.0 Å². The first-order valence-corrected chi connectivity index (χ1v) is 8.65. The number of furan rings is 1. The second-order valence-corrected chi connectivity index (χ2v) is 7.08. The number of aromatic nitrogens is 2. The first-order valence-electron chi connectivity index (χ1n) is 6.83. The molecule has 0 radical (unpaired) electrons. The maximum absolute atomic E-state index is 12.2. The van der Waals surface area contributed by atoms with Crippen molar-refractivity contribution in [1.82, 2.24) is 10.1 Å². The largest absolute Gasteiger partial charge is 0.461 e. The predicted molar refractivity (Wildman–Crippen MR) is 80.9 cm³/mol. The molecule has 0 amide bonds. The highest BCUT2D eigenvalue weighted by atomic mass is 32.2. The third-order valence-electron chi connectivity index (χ3n) is 3.15. The van der Waals surface area contributed by atoms with Crippen LogP contribution in [0, 0.1) is 0 Å². The number of rotatable bonds is 6. The molecule has 0 fully saturated rings. The molecule has 7 nitrogen and oxygen atoms in total. The van der Waals surface area contributed by atoms with E-state index in [0.29, 0.717) is 11.3 Å². The standard InChI is InChI=1S/C15H14N2O5S/c18-12(11-5-2-1-3-6-11)9-23(19,20)10-14-16-15(17-22-14)13-7-4-8-21-13/h1-8,12,18H,9-10H2/t12-/m0/s1. The Kier molecular flexibility index (Phi) is 4.26. The molecule has 3 aromatic rings. The summed E-state index contributed by atoms with van der Waals surface area (Å²) in [4.78, 5) is 3.99. The van der Waals surface area contributed by atoms with Gasteiger partial charge in [-0.05, 0) is 17.7 Å². The molecular weight excluding hydrogens is 320 g/mol. The van der Waals surface area contributed by atoms with E-state index >= 15 is 0 Å². The van der Waals surface area contributed by atoms with E-state index < -0.39 is 27.4 Å². The quantitative estimate of drug-likeness (QED) is 0.734. The van der Waals surface area contributed by atoms with E-state index in [0.717, 1.165) is 0 Å². The number of benzene rings is 1. The van der Waals surface area contributed by atoms with Crippen LogP contribution in [0.5, 0.6) is 0 Å². The minimum atomic E-state index is -3.61. The van der Waals surface area contributed by atoms with Gasteiger partial charge in [0.05, 0.1) is 18.1 Å². The minimum absolute atomic E-state index is 0.0448. The first kappa shape index (κ1) is 15.4. The van der Waals surface area contributed by atoms with E-state index in [1.807, 2.05) is 0 Å². The van der Waals surface area contributed by atoms with Gasteiger partial charge in [-0.1, -0.05) is 35.5 Å². The zero-order valence-electron chi connectivity index (χ0n) is 12.0. The molecule has 2 aromatic heterocycles. The molecule has 0 aliphatic heterocycles. The third-order valence-corrected chi connectivity index (χ3v) is 4.66. The van der Waals surface area contributed by atoms with E-state index in [2.05, 4.69) is 10.1 Å². The zero-order chi connectivity index (χ0) is 16.3. The van der Waals surface area contributed by atoms with Crippen LogP contribution in [0.4, 0.5) is 0 Å². The molecule has 3 rings (SSSR count). The third kappa shape index (κ3) is 3.85. The molecule has 0 aliphatic carbocycles. The van der Waals surface area contributed by atoms with Crippen molar-refractivity contribution in [2.24, 2.45) is 0 Å². The Morgan fingerprint density at radius 2 is 1.91 bits per heavy atom. The second kappa shape index (κ2) is 6.35. The molecule has 2 heterocycles. The average molecular weight is 334 g/mol. The van der Waals surface area contributed by atoms with Crippen LogP contribution in [0.25, 0.3) is 11.6 Å². The number of hydrogen-bond acceptors (Lipinski definition) is 7. The Morgan fingerprint density at radius 1 is 1.13 bits per heavy atom. The van der Waals surface area contributed by atoms with Crippen molar-refractivity contribution in [2.75, 3.05) is 5.75 Å². The van der Waals surface area contributed by atoms with Gasteiger partial charge in [0.2, 0.25) is 11.7 Å². The van der Waals surface area contributed by atoms with E-state index in [1.165, 1.54) is 6.26 Å². The maximum Gasteiger partial charge on any atom is 0.242 e. The fraction of sp³-hybridized carbons (Fsp3) is 0.200. The van der Waals surface area contributed by atoms with Crippen LogP contribution < -0.4 is 0 Å². The number of sulfone groups is 1. The summed E-state index contributed by atoms with van der Waals surface area (Å²) >= 11 is 0. The average Bonchev–Trinajstić information content (AvgIpc) is 3.18. The lowest BCUT2D eigenvalue weighted by molar-refractivity contribution is 0.201. The van der Waals surface area contributed by atoms with E-state index in [9.17, 15) is 13.5 Å². The minimum Gasteiger partial charge on any atom is -0.461 e. The van der Waals surface area contributed by atoms with Crippen LogP contribution in [-0.4, -0.2) is 29.4 Å². The van der Waals surface area contributed by atoms with Gasteiger partial charge >= 0.3 is 0 Å². The summed E-state index contributed by atoms with van der Waals surface area (Å²) in [5.41, 5.74) is 0.540. The van der Waals surface area contributed by atoms with E-state index in [4.69, 9.17) is 8.94 Å². The predicted octanol–water partition coefficient (Wildman–Crippen LogP) is 1.98. The molecule has 0 saturated carbocycles. The van der Waals surface area contributed by atoms with Gasteiger partial charge in [0.25, 0.3) is 0 Å². The van der Waals surface area contributed by atoms with Crippen molar-refractivity contribution in [3.63, 3.8) is 0 Å². The van der Waals surface area contributed by atoms with Crippen LogP contribution in [0.2, 0.25) is 0 Å². The van der Waals surface area contributed by atoms with Gasteiger partial charge in [-0.2, -0.15) is 4.98 Å². The Hall–Kier alpha value is -2.45. The summed E-state index contributed by atoms with van der Waals surface area (Å²) < 4.78 is 34.4. The number of aliphatic hydroxyl groups excluding tert-OH is 1. The topological polar surface area (TPSA) is 106 Å². The first-order chi connectivity index (χ1) is 11.0. The van der Waals surface area contributed by atoms with Gasteiger partial charge in [-0.3, -0.25) is 0 Å². The Balaban J connectivity index is 1.69. The lowest BCUT2D eigenvalue weighted by atomic mass is 10.1. The number of nitrogens with zero attached hydrogens (tertiary/aromatic N) is 2. The molecule has 23 heavy (non-hydrogen) atoms. The monoisotopic (exact) mass is 334 g/mol. The summed E-state index contributed by atoms with van der Waals surface area (Å²) in [5, 5.41) is 13.7. The fourth-order valence-electron chi connectivity index (χ4n) is 2.08. The molecular formula is C15H14N2O5S. The molecule has 8 heteroatoms. The van der Waals surface area contributed by atoms with Crippen LogP contribution in [-0.2, 0) is 15.6 Å². The highest BCUT2D eigenvalue weighted by molar-refractivity contribution is 7.90. The molecule has 1 aromatic carbocycles. The summed E-state index contributed by atoms with van der Waals surface area (Å²) in [6, 6.07) is 11.9. The summed E-state index contributed by atoms with van der Waals surface area (Å²) in [7, 11) is -3.61. The summed E-state index contributed by atoms with van der Waals surface area (Å²) in [6.45, 7) is 0. The molecule has 0 aliphatic rings. The maximum atomic E-state index is 12.2. The Labute approximate surface area is 132 Å². The Morgan fingerprint density at radius 3 is 2.61 bits per heavy atom. The number of hydrogen-bond donors (Lipinski definition) is 1. The van der Waals surface area contributed by atoms with Crippen molar-refractivity contribution < 1.29 is 22.5 Å². The molecule has 0 unspecified atom stereocenters. The van der Waals surface area contributed by atoms with Crippen molar-refractivity contribution in [2.45, 2.75) is 11.9 Å². The molecule has 0 bridgehead atoms. The molecule has 1 atom stereocenters. The molecule has 0 spiro atoms. The zero-order valence-corrected chi connectivity index (χ0v) is 12.8.